The Labute approximate surface area is 131 Å². The molecule has 21 heavy (non-hydrogen) atoms. The number of rotatable bonds is 4. The summed E-state index contributed by atoms with van der Waals surface area (Å²) in [5.41, 5.74) is -0.217. The zero-order chi connectivity index (χ0) is 15.5. The fourth-order valence-corrected chi connectivity index (χ4v) is 3.21. The Hall–Kier alpha value is -1.01. The van der Waals surface area contributed by atoms with E-state index in [1.807, 2.05) is 7.05 Å². The Kier molecular flexibility index (Phi) is 5.32. The molecule has 0 spiro atoms. The van der Waals surface area contributed by atoms with Gasteiger partial charge in [0, 0.05) is 18.0 Å². The molecule has 2 rings (SSSR count). The van der Waals surface area contributed by atoms with Crippen LogP contribution in [0.5, 0.6) is 0 Å². The molecule has 1 saturated carbocycles. The lowest BCUT2D eigenvalue weighted by atomic mass is 9.79. The maximum Gasteiger partial charge on any atom is 0.226 e. The quantitative estimate of drug-likeness (QED) is 0.797. The molecule has 0 unspecified atom stereocenters. The van der Waals surface area contributed by atoms with Crippen LogP contribution in [-0.2, 0) is 4.79 Å². The van der Waals surface area contributed by atoms with Crippen LogP contribution in [0.1, 0.15) is 38.5 Å². The van der Waals surface area contributed by atoms with E-state index < -0.39 is 11.6 Å². The Bertz CT molecular complexity index is 531. The first kappa shape index (κ1) is 16.4. The Morgan fingerprint density at radius 1 is 1.24 bits per heavy atom. The maximum atomic E-state index is 13.7. The lowest BCUT2D eigenvalue weighted by Gasteiger charge is -2.36. The molecule has 116 valence electrons. The number of halogens is 3. The second-order valence-corrected chi connectivity index (χ2v) is 6.42. The van der Waals surface area contributed by atoms with Crippen LogP contribution in [0.15, 0.2) is 16.6 Å². The minimum atomic E-state index is -0.772. The molecule has 0 heterocycles. The van der Waals surface area contributed by atoms with Crippen molar-refractivity contribution in [3.05, 3.63) is 28.2 Å². The minimum absolute atomic E-state index is 0.00432. The van der Waals surface area contributed by atoms with E-state index in [0.29, 0.717) is 0 Å². The van der Waals surface area contributed by atoms with Gasteiger partial charge >= 0.3 is 0 Å². The van der Waals surface area contributed by atoms with Gasteiger partial charge in [0.15, 0.2) is 0 Å². The summed E-state index contributed by atoms with van der Waals surface area (Å²) in [5, 5.41) is 5.78. The van der Waals surface area contributed by atoms with Crippen molar-refractivity contribution in [2.75, 3.05) is 12.4 Å². The fourth-order valence-electron chi connectivity index (χ4n) is 2.86. The van der Waals surface area contributed by atoms with Crippen molar-refractivity contribution in [3.8, 4) is 0 Å². The molecule has 6 heteroatoms. The van der Waals surface area contributed by atoms with E-state index in [9.17, 15) is 13.6 Å². The zero-order valence-electron chi connectivity index (χ0n) is 11.9. The number of benzene rings is 1. The van der Waals surface area contributed by atoms with Gasteiger partial charge in [-0.3, -0.25) is 4.79 Å². The van der Waals surface area contributed by atoms with Crippen LogP contribution in [0.2, 0.25) is 0 Å². The van der Waals surface area contributed by atoms with Crippen molar-refractivity contribution in [2.24, 2.45) is 0 Å². The molecule has 0 aliphatic heterocycles. The van der Waals surface area contributed by atoms with Gasteiger partial charge in [0.1, 0.15) is 11.6 Å². The highest BCUT2D eigenvalue weighted by Gasteiger charge is 2.32. The fraction of sp³-hybridized carbons (Fsp3) is 0.533. The average molecular weight is 361 g/mol. The minimum Gasteiger partial charge on any atom is -0.324 e. The third-order valence-electron chi connectivity index (χ3n) is 4.12. The second-order valence-electron chi connectivity index (χ2n) is 5.56. The Balaban J connectivity index is 2.06. The molecule has 3 nitrogen and oxygen atoms in total. The van der Waals surface area contributed by atoms with Crippen molar-refractivity contribution < 1.29 is 13.6 Å². The maximum absolute atomic E-state index is 13.7. The van der Waals surface area contributed by atoms with Crippen molar-refractivity contribution in [1.82, 2.24) is 5.32 Å². The highest BCUT2D eigenvalue weighted by Crippen LogP contribution is 2.31. The van der Waals surface area contributed by atoms with E-state index in [1.165, 1.54) is 12.5 Å². The van der Waals surface area contributed by atoms with Crippen LogP contribution in [0.3, 0.4) is 0 Å². The molecule has 0 radical (unpaired) electrons. The van der Waals surface area contributed by atoms with Crippen molar-refractivity contribution in [1.29, 1.82) is 0 Å². The standard InChI is InChI=1S/C15H19BrF2N2O/c1-19-15(5-3-2-4-6-15)9-14(21)20-13-7-10(16)11(17)8-12(13)18/h7-8,19H,2-6,9H2,1H3,(H,20,21). The number of carbonyl (C=O) groups excluding carboxylic acids is 1. The summed E-state index contributed by atoms with van der Waals surface area (Å²) in [4.78, 5) is 12.2. The number of anilines is 1. The van der Waals surface area contributed by atoms with Crippen LogP contribution < -0.4 is 10.6 Å². The molecule has 1 aliphatic carbocycles. The van der Waals surface area contributed by atoms with E-state index in [2.05, 4.69) is 26.6 Å². The highest BCUT2D eigenvalue weighted by atomic mass is 79.9. The summed E-state index contributed by atoms with van der Waals surface area (Å²) in [6.07, 6.45) is 5.52. The first-order valence-electron chi connectivity index (χ1n) is 7.09. The third-order valence-corrected chi connectivity index (χ3v) is 4.73. The number of nitrogens with one attached hydrogen (secondary N) is 2. The largest absolute Gasteiger partial charge is 0.324 e. The van der Waals surface area contributed by atoms with Crippen molar-refractivity contribution in [2.45, 2.75) is 44.1 Å². The third kappa shape index (κ3) is 4.01. The van der Waals surface area contributed by atoms with E-state index in [-0.39, 0.29) is 28.0 Å². The SMILES string of the molecule is CNC1(CC(=O)Nc2cc(Br)c(F)cc2F)CCCCC1. The summed E-state index contributed by atoms with van der Waals surface area (Å²) >= 11 is 2.99. The van der Waals surface area contributed by atoms with E-state index in [4.69, 9.17) is 0 Å². The summed E-state index contributed by atoms with van der Waals surface area (Å²) in [6, 6.07) is 2.00. The summed E-state index contributed by atoms with van der Waals surface area (Å²) in [6.45, 7) is 0. The number of hydrogen-bond donors (Lipinski definition) is 2. The summed E-state index contributed by atoms with van der Waals surface area (Å²) in [5.74, 6) is -1.72. The normalized spacial score (nSPS) is 17.5. The van der Waals surface area contributed by atoms with Crippen molar-refractivity contribution >= 4 is 27.5 Å². The molecular formula is C15H19BrF2N2O. The first-order valence-corrected chi connectivity index (χ1v) is 7.88. The molecule has 1 aromatic carbocycles. The predicted octanol–water partition coefficient (Wildman–Crippen LogP) is 3.98. The van der Waals surface area contributed by atoms with Gasteiger partial charge in [-0.1, -0.05) is 19.3 Å². The Morgan fingerprint density at radius 2 is 1.90 bits per heavy atom. The van der Waals surface area contributed by atoms with Crippen LogP contribution in [-0.4, -0.2) is 18.5 Å². The van der Waals surface area contributed by atoms with Gasteiger partial charge in [-0.05, 0) is 41.9 Å². The van der Waals surface area contributed by atoms with E-state index in [1.54, 1.807) is 0 Å². The van der Waals surface area contributed by atoms with Gasteiger partial charge in [-0.25, -0.2) is 8.78 Å². The second kappa shape index (κ2) is 6.83. The van der Waals surface area contributed by atoms with Crippen molar-refractivity contribution in [3.63, 3.8) is 0 Å². The molecule has 1 amide bonds. The smallest absolute Gasteiger partial charge is 0.226 e. The summed E-state index contributed by atoms with van der Waals surface area (Å²) in [7, 11) is 1.85. The average Bonchev–Trinajstić information content (AvgIpc) is 2.45. The molecule has 0 bridgehead atoms. The number of carbonyl (C=O) groups is 1. The van der Waals surface area contributed by atoms with Gasteiger partial charge in [0.2, 0.25) is 5.91 Å². The number of amides is 1. The first-order chi connectivity index (χ1) is 9.96. The van der Waals surface area contributed by atoms with Crippen LogP contribution in [0, 0.1) is 11.6 Å². The summed E-state index contributed by atoms with van der Waals surface area (Å²) < 4.78 is 27.0. The van der Waals surface area contributed by atoms with Gasteiger partial charge in [-0.15, -0.1) is 0 Å². The topological polar surface area (TPSA) is 41.1 Å². The lowest BCUT2D eigenvalue weighted by Crippen LogP contribution is -2.47. The Morgan fingerprint density at radius 3 is 2.52 bits per heavy atom. The lowest BCUT2D eigenvalue weighted by molar-refractivity contribution is -0.118. The van der Waals surface area contributed by atoms with Gasteiger partial charge in [-0.2, -0.15) is 0 Å². The van der Waals surface area contributed by atoms with Gasteiger partial charge < -0.3 is 10.6 Å². The molecular weight excluding hydrogens is 342 g/mol. The van der Waals surface area contributed by atoms with Gasteiger partial charge in [0.05, 0.1) is 10.2 Å². The predicted molar refractivity (Wildman–Crippen MR) is 82.2 cm³/mol. The van der Waals surface area contributed by atoms with Crippen LogP contribution in [0.25, 0.3) is 0 Å². The molecule has 1 aromatic rings. The molecule has 2 N–H and O–H groups in total. The monoisotopic (exact) mass is 360 g/mol. The molecule has 1 fully saturated rings. The molecule has 0 aromatic heterocycles. The van der Waals surface area contributed by atoms with E-state index >= 15 is 0 Å². The molecule has 0 saturated heterocycles. The molecule has 0 atom stereocenters. The zero-order valence-corrected chi connectivity index (χ0v) is 13.5. The molecule has 1 aliphatic rings. The van der Waals surface area contributed by atoms with Gasteiger partial charge in [0.25, 0.3) is 0 Å². The van der Waals surface area contributed by atoms with Crippen LogP contribution >= 0.6 is 15.9 Å². The van der Waals surface area contributed by atoms with E-state index in [0.717, 1.165) is 31.7 Å². The van der Waals surface area contributed by atoms with Crippen LogP contribution in [0.4, 0.5) is 14.5 Å². The highest BCUT2D eigenvalue weighted by molar-refractivity contribution is 9.10. The number of hydrogen-bond acceptors (Lipinski definition) is 2.